The lowest BCUT2D eigenvalue weighted by Crippen LogP contribution is -2.30. The fourth-order valence-corrected chi connectivity index (χ4v) is 3.39. The van der Waals surface area contributed by atoms with E-state index in [1.54, 1.807) is 30.3 Å². The van der Waals surface area contributed by atoms with Crippen LogP contribution in [0.1, 0.15) is 5.56 Å². The van der Waals surface area contributed by atoms with Crippen molar-refractivity contribution in [3.05, 3.63) is 64.4 Å². The zero-order chi connectivity index (χ0) is 20.3. The first-order chi connectivity index (χ1) is 13.3. The molecule has 0 fully saturated rings. The van der Waals surface area contributed by atoms with E-state index in [2.05, 4.69) is 25.5 Å². The Labute approximate surface area is 172 Å². The van der Waals surface area contributed by atoms with Crippen LogP contribution in [-0.4, -0.2) is 18.4 Å². The van der Waals surface area contributed by atoms with E-state index in [1.165, 1.54) is 18.5 Å². The van der Waals surface area contributed by atoms with E-state index in [1.807, 2.05) is 6.92 Å². The molecule has 0 radical (unpaired) electrons. The van der Waals surface area contributed by atoms with Gasteiger partial charge in [-0.3, -0.25) is 5.43 Å². The van der Waals surface area contributed by atoms with Gasteiger partial charge >= 0.3 is 0 Å². The highest BCUT2D eigenvalue weighted by Crippen LogP contribution is 2.31. The van der Waals surface area contributed by atoms with E-state index in [0.29, 0.717) is 15.7 Å². The molecular weight excluding hydrogens is 423 g/mol. The molecule has 2 aromatic carbocycles. The molecular formula is C17H16Cl2N6O2S. The van der Waals surface area contributed by atoms with Crippen LogP contribution in [0.3, 0.4) is 0 Å². The third-order valence-electron chi connectivity index (χ3n) is 3.70. The van der Waals surface area contributed by atoms with Gasteiger partial charge in [-0.2, -0.15) is 0 Å². The number of anilines is 4. The first kappa shape index (κ1) is 20.2. The minimum Gasteiger partial charge on any atom is -0.393 e. The Morgan fingerprint density at radius 3 is 2.39 bits per heavy atom. The number of sulfonamides is 1. The largest absolute Gasteiger partial charge is 0.393 e. The van der Waals surface area contributed by atoms with Crippen molar-refractivity contribution >= 4 is 56.2 Å². The number of hydrogen-bond acceptors (Lipinski definition) is 7. The Hall–Kier alpha value is -2.59. The van der Waals surface area contributed by atoms with Gasteiger partial charge in [0.25, 0.3) is 10.0 Å². The molecule has 0 spiro atoms. The van der Waals surface area contributed by atoms with Gasteiger partial charge in [0, 0.05) is 5.02 Å². The standard InChI is InChI=1S/C17H16Cl2N6O2S/c1-10-2-5-12(6-3-10)28(26,27)25-24-17-15(20)16(21-9-22-17)23-14-8-11(18)4-7-13(14)19/h2-9,25H,20H2,1H3,(H2,21,22,23,24). The van der Waals surface area contributed by atoms with E-state index >= 15 is 0 Å². The Bertz CT molecular complexity index is 1110. The maximum absolute atomic E-state index is 12.4. The molecule has 0 atom stereocenters. The van der Waals surface area contributed by atoms with Crippen LogP contribution in [0.25, 0.3) is 0 Å². The smallest absolute Gasteiger partial charge is 0.257 e. The maximum Gasteiger partial charge on any atom is 0.257 e. The minimum atomic E-state index is -3.81. The molecule has 146 valence electrons. The molecule has 0 aliphatic rings. The summed E-state index contributed by atoms with van der Waals surface area (Å²) in [5, 5.41) is 3.84. The number of rotatable bonds is 6. The highest BCUT2D eigenvalue weighted by molar-refractivity contribution is 7.89. The molecule has 0 amide bonds. The van der Waals surface area contributed by atoms with E-state index in [9.17, 15) is 8.42 Å². The number of halogens is 2. The summed E-state index contributed by atoms with van der Waals surface area (Å²) in [7, 11) is -3.81. The van der Waals surface area contributed by atoms with Crippen molar-refractivity contribution in [1.82, 2.24) is 14.8 Å². The Kier molecular flexibility index (Phi) is 5.90. The molecule has 0 unspecified atom stereocenters. The van der Waals surface area contributed by atoms with Gasteiger partial charge in [0.05, 0.1) is 15.6 Å². The van der Waals surface area contributed by atoms with Crippen molar-refractivity contribution in [2.75, 3.05) is 16.5 Å². The second-order valence-electron chi connectivity index (χ2n) is 5.78. The molecule has 28 heavy (non-hydrogen) atoms. The van der Waals surface area contributed by atoms with E-state index < -0.39 is 10.0 Å². The van der Waals surface area contributed by atoms with Crippen LogP contribution in [0.5, 0.6) is 0 Å². The Morgan fingerprint density at radius 1 is 1.00 bits per heavy atom. The zero-order valence-corrected chi connectivity index (χ0v) is 16.9. The van der Waals surface area contributed by atoms with E-state index in [-0.39, 0.29) is 22.2 Å². The van der Waals surface area contributed by atoms with Crippen LogP contribution < -0.4 is 21.3 Å². The van der Waals surface area contributed by atoms with Crippen molar-refractivity contribution in [2.24, 2.45) is 0 Å². The number of nitrogens with zero attached hydrogens (tertiary/aromatic N) is 2. The predicted octanol–water partition coefficient (Wildman–Crippen LogP) is 3.72. The minimum absolute atomic E-state index is 0.0753. The maximum atomic E-state index is 12.4. The highest BCUT2D eigenvalue weighted by atomic mass is 35.5. The Balaban J connectivity index is 1.79. The molecule has 3 rings (SSSR count). The van der Waals surface area contributed by atoms with E-state index in [0.717, 1.165) is 5.56 Å². The van der Waals surface area contributed by atoms with Crippen molar-refractivity contribution in [3.8, 4) is 0 Å². The zero-order valence-electron chi connectivity index (χ0n) is 14.6. The molecule has 0 saturated carbocycles. The molecule has 1 aromatic heterocycles. The van der Waals surface area contributed by atoms with Gasteiger partial charge in [0.2, 0.25) is 0 Å². The summed E-state index contributed by atoms with van der Waals surface area (Å²) in [5.41, 5.74) is 10.1. The van der Waals surface area contributed by atoms with Crippen LogP contribution in [0.2, 0.25) is 10.0 Å². The SMILES string of the molecule is Cc1ccc(S(=O)(=O)NNc2ncnc(Nc3cc(Cl)ccc3Cl)c2N)cc1. The normalized spacial score (nSPS) is 11.2. The molecule has 8 nitrogen and oxygen atoms in total. The molecule has 11 heteroatoms. The van der Waals surface area contributed by atoms with E-state index in [4.69, 9.17) is 28.9 Å². The summed E-state index contributed by atoms with van der Waals surface area (Å²) in [6.07, 6.45) is 1.22. The van der Waals surface area contributed by atoms with Crippen molar-refractivity contribution in [2.45, 2.75) is 11.8 Å². The first-order valence-electron chi connectivity index (χ1n) is 7.93. The predicted molar refractivity (Wildman–Crippen MR) is 111 cm³/mol. The van der Waals surface area contributed by atoms with Gasteiger partial charge in [0.1, 0.15) is 12.0 Å². The quantitative estimate of drug-likeness (QED) is 0.432. The number of hydrazine groups is 1. The van der Waals surface area contributed by atoms with Crippen molar-refractivity contribution in [3.63, 3.8) is 0 Å². The average molecular weight is 439 g/mol. The summed E-state index contributed by atoms with van der Waals surface area (Å²) in [5.74, 6) is 0.308. The van der Waals surface area contributed by atoms with Crippen LogP contribution in [0.4, 0.5) is 23.0 Å². The number of aromatic nitrogens is 2. The van der Waals surface area contributed by atoms with Crippen molar-refractivity contribution in [1.29, 1.82) is 0 Å². The topological polar surface area (TPSA) is 122 Å². The summed E-state index contributed by atoms with van der Waals surface area (Å²) in [6, 6.07) is 11.3. The fraction of sp³-hybridized carbons (Fsp3) is 0.0588. The number of nitrogens with two attached hydrogens (primary N) is 1. The number of benzene rings is 2. The van der Waals surface area contributed by atoms with Gasteiger partial charge in [-0.1, -0.05) is 40.9 Å². The number of hydrogen-bond donors (Lipinski definition) is 4. The molecule has 3 aromatic rings. The summed E-state index contributed by atoms with van der Waals surface area (Å²) in [4.78, 5) is 10.3. The number of nitrogen functional groups attached to an aromatic ring is 1. The molecule has 0 saturated heterocycles. The van der Waals surface area contributed by atoms with Crippen LogP contribution in [-0.2, 0) is 10.0 Å². The second kappa shape index (κ2) is 8.19. The van der Waals surface area contributed by atoms with Gasteiger partial charge in [-0.05, 0) is 37.3 Å². The van der Waals surface area contributed by atoms with Gasteiger partial charge in [0.15, 0.2) is 11.6 Å². The third kappa shape index (κ3) is 4.63. The number of nitrogens with one attached hydrogen (secondary N) is 3. The van der Waals surface area contributed by atoms with Gasteiger partial charge in [-0.25, -0.2) is 18.4 Å². The summed E-state index contributed by atoms with van der Waals surface area (Å²) >= 11 is 12.1. The molecule has 5 N–H and O–H groups in total. The fourth-order valence-electron chi connectivity index (χ4n) is 2.21. The van der Waals surface area contributed by atoms with Gasteiger partial charge in [-0.15, -0.1) is 4.83 Å². The number of aryl methyl sites for hydroxylation is 1. The molecule has 0 aliphatic carbocycles. The molecule has 0 bridgehead atoms. The highest BCUT2D eigenvalue weighted by Gasteiger charge is 2.16. The van der Waals surface area contributed by atoms with Crippen LogP contribution in [0, 0.1) is 6.92 Å². The molecule has 0 aliphatic heterocycles. The third-order valence-corrected chi connectivity index (χ3v) is 5.53. The van der Waals surface area contributed by atoms with Crippen molar-refractivity contribution < 1.29 is 8.42 Å². The average Bonchev–Trinajstić information content (AvgIpc) is 2.66. The first-order valence-corrected chi connectivity index (χ1v) is 10.2. The van der Waals surface area contributed by atoms with Crippen LogP contribution in [0.15, 0.2) is 53.7 Å². The monoisotopic (exact) mass is 438 g/mol. The van der Waals surface area contributed by atoms with Gasteiger partial charge < -0.3 is 11.1 Å². The molecule has 1 heterocycles. The second-order valence-corrected chi connectivity index (χ2v) is 8.30. The summed E-state index contributed by atoms with van der Waals surface area (Å²) in [6.45, 7) is 1.87. The Morgan fingerprint density at radius 2 is 1.68 bits per heavy atom. The lowest BCUT2D eigenvalue weighted by atomic mass is 10.2. The van der Waals surface area contributed by atoms with Crippen LogP contribution >= 0.6 is 23.2 Å². The lowest BCUT2D eigenvalue weighted by molar-refractivity contribution is 0.587. The summed E-state index contributed by atoms with van der Waals surface area (Å²) < 4.78 is 24.8. The lowest BCUT2D eigenvalue weighted by Gasteiger charge is -2.14.